The number of fused-ring (bicyclic) bond motifs is 2. The third-order valence-corrected chi connectivity index (χ3v) is 6.66. The van der Waals surface area contributed by atoms with Crippen LogP contribution in [-0.4, -0.2) is 11.6 Å². The number of carbonyl (C=O) groups excluding carboxylic acids is 2. The molecule has 0 N–H and O–H groups in total. The van der Waals surface area contributed by atoms with Crippen LogP contribution in [0.15, 0.2) is 120 Å². The molecule has 0 unspecified atom stereocenters. The van der Waals surface area contributed by atoms with Gasteiger partial charge in [-0.15, -0.1) is 0 Å². The van der Waals surface area contributed by atoms with Gasteiger partial charge in [0.05, 0.1) is 0 Å². The van der Waals surface area contributed by atoms with E-state index >= 15 is 0 Å². The normalized spacial score (nSPS) is 21.5. The molecule has 4 aromatic carbocycles. The summed E-state index contributed by atoms with van der Waals surface area (Å²) >= 11 is 0. The van der Waals surface area contributed by atoms with Crippen LogP contribution < -0.4 is 0 Å². The lowest BCUT2D eigenvalue weighted by Crippen LogP contribution is -2.13. The highest BCUT2D eigenvalue weighted by Gasteiger charge is 2.45. The Labute approximate surface area is 186 Å². The highest BCUT2D eigenvalue weighted by atomic mass is 16.1. The van der Waals surface area contributed by atoms with Crippen LogP contribution in [0.25, 0.3) is 0 Å². The number of Topliss-reactive ketones (excluding diaryl/α,β-unsaturated/α-hetero) is 2. The first-order valence-electron chi connectivity index (χ1n) is 10.9. The first-order chi connectivity index (χ1) is 15.8. The van der Waals surface area contributed by atoms with E-state index in [0.29, 0.717) is 22.3 Å². The van der Waals surface area contributed by atoms with Gasteiger partial charge in [-0.1, -0.05) is 109 Å². The third-order valence-electron chi connectivity index (χ3n) is 6.66. The predicted octanol–water partition coefficient (Wildman–Crippen LogP) is 6.34. The predicted molar refractivity (Wildman–Crippen MR) is 125 cm³/mol. The molecular weight excluding hydrogens is 392 g/mol. The fourth-order valence-electron chi connectivity index (χ4n) is 5.31. The number of ketones is 2. The lowest BCUT2D eigenvalue weighted by Gasteiger charge is -2.20. The molecule has 32 heavy (non-hydrogen) atoms. The minimum absolute atomic E-state index is 0.0356. The second kappa shape index (κ2) is 7.28. The van der Waals surface area contributed by atoms with Crippen LogP contribution >= 0.6 is 0 Å². The van der Waals surface area contributed by atoms with Crippen LogP contribution in [-0.2, 0) is 0 Å². The van der Waals surface area contributed by atoms with Gasteiger partial charge in [0.25, 0.3) is 0 Å². The van der Waals surface area contributed by atoms with Crippen LogP contribution in [0.4, 0.5) is 0 Å². The molecule has 6 rings (SSSR count). The number of hydrogen-bond acceptors (Lipinski definition) is 2. The molecule has 0 bridgehead atoms. The van der Waals surface area contributed by atoms with E-state index in [0.717, 1.165) is 22.3 Å². The largest absolute Gasteiger partial charge is 0.289 e. The third kappa shape index (κ3) is 2.66. The van der Waals surface area contributed by atoms with Crippen molar-refractivity contribution < 1.29 is 9.59 Å². The van der Waals surface area contributed by atoms with E-state index in [2.05, 4.69) is 0 Å². The van der Waals surface area contributed by atoms with Gasteiger partial charge in [-0.2, -0.15) is 0 Å². The van der Waals surface area contributed by atoms with Crippen LogP contribution in [0.3, 0.4) is 0 Å². The molecule has 0 heterocycles. The number of hydrogen-bond donors (Lipinski definition) is 0. The van der Waals surface area contributed by atoms with Crippen molar-refractivity contribution in [1.82, 2.24) is 0 Å². The molecule has 4 aromatic rings. The maximum Gasteiger partial charge on any atom is 0.190 e. The summed E-state index contributed by atoms with van der Waals surface area (Å²) in [6.07, 6.45) is 0. The van der Waals surface area contributed by atoms with Gasteiger partial charge >= 0.3 is 0 Å². The Bertz CT molecular complexity index is 1290. The average Bonchev–Trinajstić information content (AvgIpc) is 3.31. The molecule has 0 spiro atoms. The fourth-order valence-corrected chi connectivity index (χ4v) is 5.31. The summed E-state index contributed by atoms with van der Waals surface area (Å²) < 4.78 is 0. The summed E-state index contributed by atoms with van der Waals surface area (Å²) in [5, 5.41) is 0. The molecule has 0 fully saturated rings. The van der Waals surface area contributed by atoms with Gasteiger partial charge in [0.15, 0.2) is 11.6 Å². The molecule has 2 atom stereocenters. The number of benzene rings is 4. The van der Waals surface area contributed by atoms with Crippen molar-refractivity contribution in [2.75, 3.05) is 0 Å². The standard InChI is InChI=1S/C30H20O2/c31-29-23-17-9-7-15-21(23)25(19-11-3-1-4-12-19)27(29)28-26(20-13-5-2-6-14-20)22-16-8-10-18-24(22)30(28)32/h1-18,25-26H/b28-27-/t25-,26-/m0/s1. The SMILES string of the molecule is O=C1/C(=C2\C(=O)c3ccccc3[C@@H]2c2ccccc2)[C@@H](c2ccccc2)c2ccccc21. The monoisotopic (exact) mass is 412 g/mol. The van der Waals surface area contributed by atoms with Crippen molar-refractivity contribution in [3.8, 4) is 0 Å². The molecule has 2 nitrogen and oxygen atoms in total. The molecular formula is C30H20O2. The van der Waals surface area contributed by atoms with Gasteiger partial charge in [-0.05, 0) is 22.3 Å². The van der Waals surface area contributed by atoms with Gasteiger partial charge in [0.2, 0.25) is 0 Å². The van der Waals surface area contributed by atoms with Crippen molar-refractivity contribution >= 4 is 11.6 Å². The molecule has 2 aliphatic carbocycles. The van der Waals surface area contributed by atoms with E-state index in [4.69, 9.17) is 0 Å². The molecule has 0 radical (unpaired) electrons. The van der Waals surface area contributed by atoms with Crippen molar-refractivity contribution in [1.29, 1.82) is 0 Å². The summed E-state index contributed by atoms with van der Waals surface area (Å²) in [6.45, 7) is 0. The first kappa shape index (κ1) is 18.7. The highest BCUT2D eigenvalue weighted by Crippen LogP contribution is 2.50. The van der Waals surface area contributed by atoms with E-state index in [1.54, 1.807) is 0 Å². The van der Waals surface area contributed by atoms with Crippen LogP contribution in [0, 0.1) is 0 Å². The van der Waals surface area contributed by atoms with Crippen molar-refractivity contribution in [3.63, 3.8) is 0 Å². The fraction of sp³-hybridized carbons (Fsp3) is 0.0667. The minimum atomic E-state index is -0.251. The Morgan fingerprint density at radius 3 is 1.16 bits per heavy atom. The topological polar surface area (TPSA) is 34.1 Å². The summed E-state index contributed by atoms with van der Waals surface area (Å²) in [5.41, 5.74) is 6.63. The van der Waals surface area contributed by atoms with Crippen molar-refractivity contribution in [2.45, 2.75) is 11.8 Å². The molecule has 0 saturated heterocycles. The zero-order chi connectivity index (χ0) is 21.7. The lowest BCUT2D eigenvalue weighted by molar-refractivity contribution is 0.100. The van der Waals surface area contributed by atoms with E-state index in [9.17, 15) is 9.59 Å². The van der Waals surface area contributed by atoms with Gasteiger partial charge < -0.3 is 0 Å². The summed E-state index contributed by atoms with van der Waals surface area (Å²) in [7, 11) is 0. The summed E-state index contributed by atoms with van der Waals surface area (Å²) in [5.74, 6) is -0.572. The number of rotatable bonds is 2. The quantitative estimate of drug-likeness (QED) is 0.360. The van der Waals surface area contributed by atoms with E-state index in [1.165, 1.54) is 0 Å². The van der Waals surface area contributed by atoms with Gasteiger partial charge in [-0.3, -0.25) is 9.59 Å². The maximum absolute atomic E-state index is 13.8. The van der Waals surface area contributed by atoms with Gasteiger partial charge in [0.1, 0.15) is 0 Å². The zero-order valence-corrected chi connectivity index (χ0v) is 17.4. The Kier molecular flexibility index (Phi) is 4.26. The van der Waals surface area contributed by atoms with Crippen molar-refractivity contribution in [3.05, 3.63) is 154 Å². The lowest BCUT2D eigenvalue weighted by atomic mass is 9.81. The average molecular weight is 412 g/mol. The minimum Gasteiger partial charge on any atom is -0.289 e. The molecule has 0 saturated carbocycles. The molecule has 2 aliphatic rings. The Morgan fingerprint density at radius 1 is 0.406 bits per heavy atom. The van der Waals surface area contributed by atoms with Crippen LogP contribution in [0.1, 0.15) is 54.8 Å². The van der Waals surface area contributed by atoms with E-state index in [1.807, 2.05) is 109 Å². The smallest absolute Gasteiger partial charge is 0.190 e. The van der Waals surface area contributed by atoms with Gasteiger partial charge in [-0.25, -0.2) is 0 Å². The van der Waals surface area contributed by atoms with Gasteiger partial charge in [0, 0.05) is 34.1 Å². The molecule has 0 aromatic heterocycles. The molecule has 0 aliphatic heterocycles. The first-order valence-corrected chi connectivity index (χ1v) is 10.9. The van der Waals surface area contributed by atoms with E-state index in [-0.39, 0.29) is 23.4 Å². The molecule has 2 heteroatoms. The summed E-state index contributed by atoms with van der Waals surface area (Å²) in [4.78, 5) is 27.7. The van der Waals surface area contributed by atoms with Crippen LogP contribution in [0.2, 0.25) is 0 Å². The Hall–Kier alpha value is -4.04. The molecule has 152 valence electrons. The number of carbonyl (C=O) groups is 2. The summed E-state index contributed by atoms with van der Waals surface area (Å²) in [6, 6.07) is 35.6. The Balaban J connectivity index is 1.68. The second-order valence-electron chi connectivity index (χ2n) is 8.35. The van der Waals surface area contributed by atoms with Crippen LogP contribution in [0.5, 0.6) is 0 Å². The Morgan fingerprint density at radius 2 is 0.750 bits per heavy atom. The highest BCUT2D eigenvalue weighted by molar-refractivity contribution is 6.24. The van der Waals surface area contributed by atoms with Crippen molar-refractivity contribution in [2.24, 2.45) is 0 Å². The zero-order valence-electron chi connectivity index (χ0n) is 17.4. The molecule has 0 amide bonds. The van der Waals surface area contributed by atoms with E-state index < -0.39 is 0 Å². The number of allylic oxidation sites excluding steroid dienone is 2. The maximum atomic E-state index is 13.8. The second-order valence-corrected chi connectivity index (χ2v) is 8.35.